The van der Waals surface area contributed by atoms with E-state index in [4.69, 9.17) is 35.0 Å². The van der Waals surface area contributed by atoms with E-state index in [1.807, 2.05) is 24.4 Å². The number of aryl methyl sites for hydroxylation is 1. The molecule has 1 aromatic carbocycles. The molecule has 0 aliphatic carbocycles. The van der Waals surface area contributed by atoms with Gasteiger partial charge in [-0.25, -0.2) is 23.2 Å². The number of morpholine rings is 1. The third kappa shape index (κ3) is 9.11. The second-order valence-electron chi connectivity index (χ2n) is 4.56. The smallest absolute Gasteiger partial charge is 0.166 e. The fourth-order valence-corrected chi connectivity index (χ4v) is 1.89. The monoisotopic (exact) mass is 349 g/mol. The van der Waals surface area contributed by atoms with Gasteiger partial charge < -0.3 is 4.74 Å². The van der Waals surface area contributed by atoms with Crippen LogP contribution < -0.4 is 18.6 Å². The number of halogens is 2. The van der Waals surface area contributed by atoms with Crippen LogP contribution in [0.15, 0.2) is 30.3 Å². The van der Waals surface area contributed by atoms with Gasteiger partial charge in [-0.3, -0.25) is 0 Å². The van der Waals surface area contributed by atoms with E-state index >= 15 is 0 Å². The number of nitrogens with zero attached hydrogens (tertiary/aromatic N) is 1. The Labute approximate surface area is 136 Å². The summed E-state index contributed by atoms with van der Waals surface area (Å²) in [5.41, 5.74) is 2.30. The Morgan fingerprint density at radius 2 is 1.64 bits per heavy atom. The minimum Gasteiger partial charge on any atom is -0.368 e. The van der Waals surface area contributed by atoms with Gasteiger partial charge in [-0.05, 0) is 12.5 Å². The van der Waals surface area contributed by atoms with Crippen molar-refractivity contribution in [1.82, 2.24) is 0 Å². The van der Waals surface area contributed by atoms with Crippen LogP contribution in [0.1, 0.15) is 11.1 Å². The number of hydrogen-bond acceptors (Lipinski definition) is 5. The molecule has 1 fully saturated rings. The molecule has 1 heterocycles. The molecule has 8 heteroatoms. The molecule has 1 aliphatic rings. The van der Waals surface area contributed by atoms with E-state index in [9.17, 15) is 0 Å². The molecule has 2 rings (SSSR count). The number of ether oxygens (including phenoxy) is 1. The van der Waals surface area contributed by atoms with E-state index in [1.54, 1.807) is 0 Å². The maximum Gasteiger partial charge on any atom is 0.166 e. The second kappa shape index (κ2) is 9.22. The minimum atomic E-state index is -4.94. The lowest BCUT2D eigenvalue weighted by Crippen LogP contribution is -2.68. The standard InChI is InChI=1S/C14H17ClNO.ClHO4/c1-12-2-4-13(5-3-12)14(15)6-7-16-8-10-17-11-9-16;2-1(3,4)5/h2-7H,8-11H2,1H3;(H,2,3,4,5)/q+1;/p-1. The van der Waals surface area contributed by atoms with Crippen LogP contribution in [-0.2, 0) is 4.74 Å². The molecule has 0 aromatic heterocycles. The molecule has 0 N–H and O–H groups in total. The van der Waals surface area contributed by atoms with Crippen LogP contribution >= 0.6 is 11.6 Å². The fourth-order valence-electron chi connectivity index (χ4n) is 1.71. The molecule has 0 atom stereocenters. The average Bonchev–Trinajstić information content (AvgIpc) is 2.45. The summed E-state index contributed by atoms with van der Waals surface area (Å²) in [6.07, 6.45) is 4.00. The van der Waals surface area contributed by atoms with Crippen molar-refractivity contribution in [2.75, 3.05) is 26.3 Å². The van der Waals surface area contributed by atoms with Gasteiger partial charge in [0.1, 0.15) is 13.2 Å². The molecule has 22 heavy (non-hydrogen) atoms. The Hall–Kier alpha value is -0.990. The number of hydrogen-bond donors (Lipinski definition) is 0. The molecule has 0 unspecified atom stereocenters. The largest absolute Gasteiger partial charge is 0.368 e. The first-order valence-corrected chi connectivity index (χ1v) is 8.08. The molecule has 0 saturated carbocycles. The summed E-state index contributed by atoms with van der Waals surface area (Å²) < 4.78 is 41.5. The van der Waals surface area contributed by atoms with Crippen molar-refractivity contribution in [3.63, 3.8) is 0 Å². The number of benzene rings is 1. The van der Waals surface area contributed by atoms with Gasteiger partial charge in [0.05, 0.1) is 5.03 Å². The maximum absolute atomic E-state index is 8.49. The quantitative estimate of drug-likeness (QED) is 0.570. The van der Waals surface area contributed by atoms with E-state index in [1.165, 1.54) is 5.56 Å². The SMILES string of the molecule is Cc1ccc(C(Cl)=CC=[N+]2CCOCC2)cc1.[O-][Cl+3]([O-])([O-])[O-]. The summed E-state index contributed by atoms with van der Waals surface area (Å²) in [4.78, 5) is 0. The van der Waals surface area contributed by atoms with Crippen molar-refractivity contribution in [3.05, 3.63) is 41.5 Å². The highest BCUT2D eigenvalue weighted by molar-refractivity contribution is 6.49. The van der Waals surface area contributed by atoms with E-state index in [-0.39, 0.29) is 0 Å². The van der Waals surface area contributed by atoms with Gasteiger partial charge in [0.15, 0.2) is 19.3 Å². The van der Waals surface area contributed by atoms with Crippen molar-refractivity contribution in [1.29, 1.82) is 0 Å². The van der Waals surface area contributed by atoms with E-state index in [2.05, 4.69) is 23.6 Å². The van der Waals surface area contributed by atoms with Crippen LogP contribution in [0, 0.1) is 17.2 Å². The van der Waals surface area contributed by atoms with Crippen LogP contribution in [0.4, 0.5) is 0 Å². The first kappa shape index (κ1) is 19.1. The third-order valence-corrected chi connectivity index (χ3v) is 3.15. The summed E-state index contributed by atoms with van der Waals surface area (Å²) in [5, 5.41) is 0.775. The first-order chi connectivity index (χ1) is 10.3. The molecule has 1 aliphatic heterocycles. The first-order valence-electron chi connectivity index (χ1n) is 6.47. The lowest BCUT2D eigenvalue weighted by Gasteiger charge is -2.17. The fraction of sp³-hybridized carbons (Fsp3) is 0.357. The summed E-state index contributed by atoms with van der Waals surface area (Å²) in [6.45, 7) is 5.55. The lowest BCUT2D eigenvalue weighted by atomic mass is 10.1. The molecule has 0 bridgehead atoms. The number of rotatable bonds is 2. The summed E-state index contributed by atoms with van der Waals surface area (Å²) in [6, 6.07) is 8.23. The zero-order valence-corrected chi connectivity index (χ0v) is 13.5. The van der Waals surface area contributed by atoms with Gasteiger partial charge in [0.25, 0.3) is 0 Å². The predicted octanol–water partition coefficient (Wildman–Crippen LogP) is -2.07. The van der Waals surface area contributed by atoms with Gasteiger partial charge in [-0.1, -0.05) is 41.4 Å². The predicted molar refractivity (Wildman–Crippen MR) is 71.9 cm³/mol. The van der Waals surface area contributed by atoms with E-state index < -0.39 is 10.2 Å². The van der Waals surface area contributed by atoms with Crippen LogP contribution in [0.25, 0.3) is 5.03 Å². The highest BCUT2D eigenvalue weighted by Gasteiger charge is 2.09. The molecule has 122 valence electrons. The molecule has 0 radical (unpaired) electrons. The molecule has 6 nitrogen and oxygen atoms in total. The highest BCUT2D eigenvalue weighted by atomic mass is 35.7. The highest BCUT2D eigenvalue weighted by Crippen LogP contribution is 2.18. The van der Waals surface area contributed by atoms with Crippen molar-refractivity contribution in [2.24, 2.45) is 0 Å². The van der Waals surface area contributed by atoms with Gasteiger partial charge >= 0.3 is 0 Å². The van der Waals surface area contributed by atoms with E-state index in [0.29, 0.717) is 0 Å². The van der Waals surface area contributed by atoms with Gasteiger partial charge in [-0.2, -0.15) is 0 Å². The van der Waals surface area contributed by atoms with Crippen LogP contribution in [0.3, 0.4) is 0 Å². The average molecular weight is 350 g/mol. The van der Waals surface area contributed by atoms with Crippen molar-refractivity contribution in [2.45, 2.75) is 6.92 Å². The molecular weight excluding hydrogens is 333 g/mol. The summed E-state index contributed by atoms with van der Waals surface area (Å²) >= 11 is 6.25. The van der Waals surface area contributed by atoms with E-state index in [0.717, 1.165) is 36.9 Å². The normalized spacial score (nSPS) is 15.9. The van der Waals surface area contributed by atoms with Gasteiger partial charge in [0, 0.05) is 6.08 Å². The summed E-state index contributed by atoms with van der Waals surface area (Å²) in [5.74, 6) is 0. The molecule has 1 aromatic rings. The topological polar surface area (TPSA) is 104 Å². The Morgan fingerprint density at radius 3 is 2.14 bits per heavy atom. The van der Waals surface area contributed by atoms with Gasteiger partial charge in [-0.15, -0.1) is 10.2 Å². The molecular formula is C14H17Cl2NO5. The Kier molecular flexibility index (Phi) is 7.98. The van der Waals surface area contributed by atoms with Crippen LogP contribution in [-0.4, -0.2) is 37.1 Å². The van der Waals surface area contributed by atoms with Crippen LogP contribution in [0.5, 0.6) is 0 Å². The molecule has 0 spiro atoms. The Bertz CT molecular complexity index is 509. The molecule has 1 saturated heterocycles. The van der Waals surface area contributed by atoms with Crippen molar-refractivity contribution >= 4 is 22.8 Å². The molecule has 0 amide bonds. The Balaban J connectivity index is 0.000000422. The zero-order chi connectivity index (χ0) is 16.6. The summed E-state index contributed by atoms with van der Waals surface area (Å²) in [7, 11) is -4.94. The maximum atomic E-state index is 8.49. The number of allylic oxidation sites excluding steroid dienone is 1. The minimum absolute atomic E-state index is 0.775. The zero-order valence-electron chi connectivity index (χ0n) is 12.0. The third-order valence-electron chi connectivity index (χ3n) is 2.80. The van der Waals surface area contributed by atoms with Crippen molar-refractivity contribution in [3.8, 4) is 0 Å². The van der Waals surface area contributed by atoms with Crippen molar-refractivity contribution < 1.29 is 38.2 Å². The van der Waals surface area contributed by atoms with Gasteiger partial charge in [0.2, 0.25) is 0 Å². The Morgan fingerprint density at radius 1 is 1.14 bits per heavy atom. The second-order valence-corrected chi connectivity index (χ2v) is 5.72. The van der Waals surface area contributed by atoms with Crippen LogP contribution in [0.2, 0.25) is 0 Å². The lowest BCUT2D eigenvalue weighted by molar-refractivity contribution is -2.00.